The molecule has 2 aromatic rings. The van der Waals surface area contributed by atoms with Crippen LogP contribution in [0.2, 0.25) is 5.15 Å². The number of aromatic nitrogens is 1. The van der Waals surface area contributed by atoms with Gasteiger partial charge in [-0.1, -0.05) is 23.7 Å². The molecule has 1 aromatic carbocycles. The van der Waals surface area contributed by atoms with Gasteiger partial charge in [0, 0.05) is 12.1 Å². The predicted molar refractivity (Wildman–Crippen MR) is 78.7 cm³/mol. The third kappa shape index (κ3) is 2.65. The van der Waals surface area contributed by atoms with E-state index in [1.807, 2.05) is 31.2 Å². The summed E-state index contributed by atoms with van der Waals surface area (Å²) in [6.07, 6.45) is 0. The van der Waals surface area contributed by atoms with Crippen LogP contribution in [-0.4, -0.2) is 18.2 Å². The van der Waals surface area contributed by atoms with Crippen molar-refractivity contribution in [3.63, 3.8) is 0 Å². The van der Waals surface area contributed by atoms with Crippen LogP contribution in [0, 0.1) is 6.92 Å². The Kier molecular flexibility index (Phi) is 3.65. The predicted octanol–water partition coefficient (Wildman–Crippen LogP) is 3.43. The number of pyridine rings is 1. The van der Waals surface area contributed by atoms with E-state index in [2.05, 4.69) is 10.3 Å². The lowest BCUT2D eigenvalue weighted by molar-refractivity contribution is 0.170. The molecule has 104 valence electrons. The van der Waals surface area contributed by atoms with E-state index in [-0.39, 0.29) is 0 Å². The van der Waals surface area contributed by atoms with Crippen LogP contribution in [-0.2, 0) is 6.54 Å². The van der Waals surface area contributed by atoms with Gasteiger partial charge in [0.2, 0.25) is 0 Å². The molecule has 0 atom stereocenters. The average molecular weight is 291 g/mol. The summed E-state index contributed by atoms with van der Waals surface area (Å²) < 4.78 is 11.3. The molecule has 1 N–H and O–H groups in total. The molecule has 2 heterocycles. The second-order valence-corrected chi connectivity index (χ2v) is 4.95. The van der Waals surface area contributed by atoms with E-state index in [0.717, 1.165) is 28.4 Å². The number of ether oxygens (including phenoxy) is 2. The van der Waals surface area contributed by atoms with Crippen LogP contribution in [0.25, 0.3) is 0 Å². The summed E-state index contributed by atoms with van der Waals surface area (Å²) >= 11 is 5.85. The SMILES string of the molecule is Cc1nc(Cl)ccc1NCc1cccc2c1OCCO2. The number of anilines is 1. The number of halogens is 1. The van der Waals surface area contributed by atoms with E-state index >= 15 is 0 Å². The van der Waals surface area contributed by atoms with E-state index in [0.29, 0.717) is 24.9 Å². The molecule has 0 fully saturated rings. The van der Waals surface area contributed by atoms with E-state index in [1.165, 1.54) is 0 Å². The monoisotopic (exact) mass is 290 g/mol. The van der Waals surface area contributed by atoms with E-state index in [4.69, 9.17) is 21.1 Å². The Morgan fingerprint density at radius 2 is 2.05 bits per heavy atom. The van der Waals surface area contributed by atoms with Crippen molar-refractivity contribution >= 4 is 17.3 Å². The molecule has 0 aliphatic carbocycles. The standard InChI is InChI=1S/C15H15ClN2O2/c1-10-12(5-6-14(16)18-10)17-9-11-3-2-4-13-15(11)20-8-7-19-13/h2-6,17H,7-9H2,1H3. The molecule has 0 unspecified atom stereocenters. The number of benzene rings is 1. The lowest BCUT2D eigenvalue weighted by Gasteiger charge is -2.21. The highest BCUT2D eigenvalue weighted by Gasteiger charge is 2.15. The van der Waals surface area contributed by atoms with Crippen molar-refractivity contribution < 1.29 is 9.47 Å². The molecule has 0 saturated heterocycles. The third-order valence-electron chi connectivity index (χ3n) is 3.17. The summed E-state index contributed by atoms with van der Waals surface area (Å²) in [4.78, 5) is 4.22. The number of nitrogens with zero attached hydrogens (tertiary/aromatic N) is 1. The Morgan fingerprint density at radius 3 is 2.90 bits per heavy atom. The molecule has 0 radical (unpaired) electrons. The van der Waals surface area contributed by atoms with Crippen molar-refractivity contribution in [3.05, 3.63) is 46.7 Å². The summed E-state index contributed by atoms with van der Waals surface area (Å²) in [5.74, 6) is 1.63. The summed E-state index contributed by atoms with van der Waals surface area (Å²) in [6, 6.07) is 9.62. The minimum atomic E-state index is 0.502. The maximum absolute atomic E-state index is 5.85. The number of para-hydroxylation sites is 1. The summed E-state index contributed by atoms with van der Waals surface area (Å²) in [5, 5.41) is 3.85. The molecule has 0 amide bonds. The Hall–Kier alpha value is -1.94. The number of fused-ring (bicyclic) bond motifs is 1. The first kappa shape index (κ1) is 13.1. The van der Waals surface area contributed by atoms with Gasteiger partial charge in [-0.05, 0) is 25.1 Å². The molecule has 1 aliphatic heterocycles. The van der Waals surface area contributed by atoms with Crippen LogP contribution in [0.1, 0.15) is 11.3 Å². The van der Waals surface area contributed by atoms with Gasteiger partial charge in [-0.3, -0.25) is 0 Å². The quantitative estimate of drug-likeness (QED) is 0.880. The minimum Gasteiger partial charge on any atom is -0.486 e. The summed E-state index contributed by atoms with van der Waals surface area (Å²) in [6.45, 7) is 3.76. The smallest absolute Gasteiger partial charge is 0.166 e. The van der Waals surface area contributed by atoms with Crippen molar-refractivity contribution in [2.45, 2.75) is 13.5 Å². The van der Waals surface area contributed by atoms with Crippen molar-refractivity contribution in [1.29, 1.82) is 0 Å². The molecular weight excluding hydrogens is 276 g/mol. The fourth-order valence-corrected chi connectivity index (χ4v) is 2.37. The van der Waals surface area contributed by atoms with E-state index in [9.17, 15) is 0 Å². The molecule has 20 heavy (non-hydrogen) atoms. The molecule has 1 aromatic heterocycles. The van der Waals surface area contributed by atoms with Gasteiger partial charge in [-0.25, -0.2) is 4.98 Å². The number of rotatable bonds is 3. The zero-order valence-electron chi connectivity index (χ0n) is 11.1. The van der Waals surface area contributed by atoms with Crippen molar-refractivity contribution in [2.75, 3.05) is 18.5 Å². The number of hydrogen-bond donors (Lipinski definition) is 1. The fourth-order valence-electron chi connectivity index (χ4n) is 2.18. The summed E-state index contributed by atoms with van der Waals surface area (Å²) in [7, 11) is 0. The third-order valence-corrected chi connectivity index (χ3v) is 3.38. The second-order valence-electron chi connectivity index (χ2n) is 4.56. The topological polar surface area (TPSA) is 43.4 Å². The Bertz CT molecular complexity index is 631. The first-order chi connectivity index (χ1) is 9.74. The molecule has 0 spiro atoms. The first-order valence-electron chi connectivity index (χ1n) is 6.48. The van der Waals surface area contributed by atoms with Crippen LogP contribution < -0.4 is 14.8 Å². The molecule has 0 bridgehead atoms. The zero-order valence-corrected chi connectivity index (χ0v) is 11.9. The Balaban J connectivity index is 1.78. The Morgan fingerprint density at radius 1 is 1.20 bits per heavy atom. The molecule has 1 aliphatic rings. The molecule has 4 nitrogen and oxygen atoms in total. The van der Waals surface area contributed by atoms with Gasteiger partial charge in [0.25, 0.3) is 0 Å². The first-order valence-corrected chi connectivity index (χ1v) is 6.86. The highest BCUT2D eigenvalue weighted by molar-refractivity contribution is 6.29. The fraction of sp³-hybridized carbons (Fsp3) is 0.267. The van der Waals surface area contributed by atoms with Crippen molar-refractivity contribution in [2.24, 2.45) is 0 Å². The minimum absolute atomic E-state index is 0.502. The number of hydrogen-bond acceptors (Lipinski definition) is 4. The van der Waals surface area contributed by atoms with Gasteiger partial charge < -0.3 is 14.8 Å². The van der Waals surface area contributed by atoms with E-state index in [1.54, 1.807) is 6.07 Å². The lowest BCUT2D eigenvalue weighted by Crippen LogP contribution is -2.17. The maximum atomic E-state index is 5.85. The second kappa shape index (κ2) is 5.59. The average Bonchev–Trinajstić information content (AvgIpc) is 2.46. The van der Waals surface area contributed by atoms with Crippen LogP contribution in [0.3, 0.4) is 0 Å². The number of aryl methyl sites for hydroxylation is 1. The molecular formula is C15H15ClN2O2. The van der Waals surface area contributed by atoms with Gasteiger partial charge in [0.15, 0.2) is 11.5 Å². The largest absolute Gasteiger partial charge is 0.486 e. The Labute approximate surface area is 122 Å². The molecule has 5 heteroatoms. The normalized spacial score (nSPS) is 13.1. The zero-order chi connectivity index (χ0) is 13.9. The summed E-state index contributed by atoms with van der Waals surface area (Å²) in [5.41, 5.74) is 2.90. The van der Waals surface area contributed by atoms with Gasteiger partial charge in [-0.2, -0.15) is 0 Å². The molecule has 0 saturated carbocycles. The van der Waals surface area contributed by atoms with E-state index < -0.39 is 0 Å². The van der Waals surface area contributed by atoms with Crippen LogP contribution >= 0.6 is 11.6 Å². The lowest BCUT2D eigenvalue weighted by atomic mass is 10.1. The van der Waals surface area contributed by atoms with Gasteiger partial charge >= 0.3 is 0 Å². The van der Waals surface area contributed by atoms with Crippen LogP contribution in [0.15, 0.2) is 30.3 Å². The maximum Gasteiger partial charge on any atom is 0.166 e. The van der Waals surface area contributed by atoms with Crippen LogP contribution in [0.5, 0.6) is 11.5 Å². The molecule has 3 rings (SSSR count). The highest BCUT2D eigenvalue weighted by Crippen LogP contribution is 2.34. The van der Waals surface area contributed by atoms with Gasteiger partial charge in [0.05, 0.1) is 11.4 Å². The van der Waals surface area contributed by atoms with Crippen molar-refractivity contribution in [3.8, 4) is 11.5 Å². The van der Waals surface area contributed by atoms with Crippen molar-refractivity contribution in [1.82, 2.24) is 4.98 Å². The highest BCUT2D eigenvalue weighted by atomic mass is 35.5. The van der Waals surface area contributed by atoms with Gasteiger partial charge in [0.1, 0.15) is 18.4 Å². The number of nitrogens with one attached hydrogen (secondary N) is 1. The van der Waals surface area contributed by atoms with Crippen LogP contribution in [0.4, 0.5) is 5.69 Å². The van der Waals surface area contributed by atoms with Gasteiger partial charge in [-0.15, -0.1) is 0 Å².